The highest BCUT2D eigenvalue weighted by Crippen LogP contribution is 2.30. The number of aliphatic hydroxyl groups is 1. The number of allylic oxidation sites excluding steroid dienone is 2. The molecule has 0 saturated heterocycles. The molecule has 0 aliphatic rings. The molecular weight excluding hydrogens is 240 g/mol. The van der Waals surface area contributed by atoms with Gasteiger partial charge in [0.05, 0.1) is 5.60 Å². The van der Waals surface area contributed by atoms with Gasteiger partial charge in [0, 0.05) is 11.1 Å². The number of hydrogen-bond donors (Lipinski definition) is 3. The van der Waals surface area contributed by atoms with Crippen molar-refractivity contribution in [3.63, 3.8) is 0 Å². The van der Waals surface area contributed by atoms with Gasteiger partial charge in [0.1, 0.15) is 11.5 Å². The Kier molecular flexibility index (Phi) is 4.78. The molecular formula is C16H22O3. The van der Waals surface area contributed by atoms with Crippen LogP contribution in [0.1, 0.15) is 38.8 Å². The molecule has 0 spiro atoms. The van der Waals surface area contributed by atoms with E-state index < -0.39 is 5.60 Å². The number of phenolic OH excluding ortho intramolecular Hbond substituents is 2. The fourth-order valence-corrected chi connectivity index (χ4v) is 1.59. The summed E-state index contributed by atoms with van der Waals surface area (Å²) in [5, 5.41) is 29.5. The van der Waals surface area contributed by atoms with Crippen molar-refractivity contribution in [3.8, 4) is 11.5 Å². The van der Waals surface area contributed by atoms with Gasteiger partial charge in [-0.3, -0.25) is 0 Å². The summed E-state index contributed by atoms with van der Waals surface area (Å²) in [6, 6.07) is 3.03. The van der Waals surface area contributed by atoms with Crippen molar-refractivity contribution in [2.45, 2.75) is 39.7 Å². The number of hydrogen-bond acceptors (Lipinski definition) is 3. The van der Waals surface area contributed by atoms with Gasteiger partial charge in [-0.1, -0.05) is 23.8 Å². The number of rotatable bonds is 4. The molecule has 0 radical (unpaired) electrons. The SMILES string of the molecule is CC(C)=CCc1cc(O)cc(C=CC(C)(C)O)c1O. The second-order valence-electron chi connectivity index (χ2n) is 5.52. The fraction of sp³-hybridized carbons (Fsp3) is 0.375. The average molecular weight is 262 g/mol. The van der Waals surface area contributed by atoms with Crippen LogP contribution in [0, 0.1) is 0 Å². The highest BCUT2D eigenvalue weighted by molar-refractivity contribution is 5.62. The predicted octanol–water partition coefficient (Wildman–Crippen LogP) is 3.39. The van der Waals surface area contributed by atoms with Crippen LogP contribution in [-0.4, -0.2) is 20.9 Å². The molecule has 3 heteroatoms. The lowest BCUT2D eigenvalue weighted by molar-refractivity contribution is 0.134. The van der Waals surface area contributed by atoms with Gasteiger partial charge >= 0.3 is 0 Å². The zero-order valence-electron chi connectivity index (χ0n) is 11.9. The maximum Gasteiger partial charge on any atom is 0.126 e. The molecule has 0 bridgehead atoms. The summed E-state index contributed by atoms with van der Waals surface area (Å²) < 4.78 is 0. The van der Waals surface area contributed by atoms with Gasteiger partial charge in [0.15, 0.2) is 0 Å². The monoisotopic (exact) mass is 262 g/mol. The highest BCUT2D eigenvalue weighted by Gasteiger charge is 2.10. The Morgan fingerprint density at radius 3 is 2.37 bits per heavy atom. The molecule has 0 saturated carbocycles. The van der Waals surface area contributed by atoms with Crippen molar-refractivity contribution in [3.05, 3.63) is 41.0 Å². The van der Waals surface area contributed by atoms with Crippen molar-refractivity contribution in [2.75, 3.05) is 0 Å². The lowest BCUT2D eigenvalue weighted by Gasteiger charge is -2.12. The van der Waals surface area contributed by atoms with Crippen molar-refractivity contribution in [2.24, 2.45) is 0 Å². The second kappa shape index (κ2) is 5.93. The van der Waals surface area contributed by atoms with Crippen LogP contribution in [0.4, 0.5) is 0 Å². The first kappa shape index (κ1) is 15.3. The van der Waals surface area contributed by atoms with Gasteiger partial charge in [0.25, 0.3) is 0 Å². The van der Waals surface area contributed by atoms with E-state index in [1.165, 1.54) is 6.07 Å². The van der Waals surface area contributed by atoms with Gasteiger partial charge in [-0.2, -0.15) is 0 Å². The highest BCUT2D eigenvalue weighted by atomic mass is 16.3. The Hall–Kier alpha value is -1.74. The molecule has 1 rings (SSSR count). The first-order chi connectivity index (χ1) is 8.69. The lowest BCUT2D eigenvalue weighted by atomic mass is 10.0. The van der Waals surface area contributed by atoms with E-state index in [9.17, 15) is 15.3 Å². The molecule has 1 aromatic carbocycles. The van der Waals surface area contributed by atoms with Crippen LogP contribution in [0.5, 0.6) is 11.5 Å². The van der Waals surface area contributed by atoms with Crippen molar-refractivity contribution >= 4 is 6.08 Å². The summed E-state index contributed by atoms with van der Waals surface area (Å²) in [6.07, 6.45) is 5.73. The molecule has 19 heavy (non-hydrogen) atoms. The van der Waals surface area contributed by atoms with E-state index in [1.807, 2.05) is 19.9 Å². The minimum absolute atomic E-state index is 0.102. The van der Waals surface area contributed by atoms with E-state index in [4.69, 9.17) is 0 Å². The standard InChI is InChI=1S/C16H22O3/c1-11(2)5-6-12-9-14(17)10-13(15(12)18)7-8-16(3,4)19/h5,7-10,17-19H,6H2,1-4H3. The predicted molar refractivity (Wildman–Crippen MR) is 78.2 cm³/mol. The van der Waals surface area contributed by atoms with E-state index in [0.29, 0.717) is 17.5 Å². The quantitative estimate of drug-likeness (QED) is 0.576. The first-order valence-corrected chi connectivity index (χ1v) is 6.29. The number of aromatic hydroxyl groups is 2. The molecule has 0 unspecified atom stereocenters. The maximum atomic E-state index is 10.1. The Morgan fingerprint density at radius 2 is 1.84 bits per heavy atom. The van der Waals surface area contributed by atoms with Crippen LogP contribution < -0.4 is 0 Å². The molecule has 3 N–H and O–H groups in total. The van der Waals surface area contributed by atoms with Crippen molar-refractivity contribution in [1.29, 1.82) is 0 Å². The Bertz CT molecular complexity index is 501. The topological polar surface area (TPSA) is 60.7 Å². The number of benzene rings is 1. The summed E-state index contributed by atoms with van der Waals surface area (Å²) in [5.41, 5.74) is 1.35. The van der Waals surface area contributed by atoms with Crippen LogP contribution in [0.2, 0.25) is 0 Å². The Morgan fingerprint density at radius 1 is 1.21 bits per heavy atom. The summed E-state index contributed by atoms with van der Waals surface area (Å²) in [4.78, 5) is 0. The van der Waals surface area contributed by atoms with Gasteiger partial charge in [0.2, 0.25) is 0 Å². The summed E-state index contributed by atoms with van der Waals surface area (Å²) in [6.45, 7) is 7.25. The zero-order valence-corrected chi connectivity index (χ0v) is 11.9. The smallest absolute Gasteiger partial charge is 0.126 e. The molecule has 0 heterocycles. The van der Waals surface area contributed by atoms with Crippen LogP contribution in [0.15, 0.2) is 29.9 Å². The molecule has 0 fully saturated rings. The van der Waals surface area contributed by atoms with E-state index >= 15 is 0 Å². The molecule has 0 aromatic heterocycles. The third-order valence-electron chi connectivity index (χ3n) is 2.60. The second-order valence-corrected chi connectivity index (χ2v) is 5.52. The largest absolute Gasteiger partial charge is 0.508 e. The van der Waals surface area contributed by atoms with Crippen LogP contribution in [0.25, 0.3) is 6.08 Å². The molecule has 0 aliphatic heterocycles. The zero-order chi connectivity index (χ0) is 14.6. The summed E-state index contributed by atoms with van der Waals surface area (Å²) in [7, 11) is 0. The van der Waals surface area contributed by atoms with Crippen LogP contribution >= 0.6 is 0 Å². The third kappa shape index (κ3) is 5.18. The first-order valence-electron chi connectivity index (χ1n) is 6.29. The molecule has 0 amide bonds. The molecule has 104 valence electrons. The van der Waals surface area contributed by atoms with E-state index in [-0.39, 0.29) is 11.5 Å². The van der Waals surface area contributed by atoms with Gasteiger partial charge in [-0.25, -0.2) is 0 Å². The van der Waals surface area contributed by atoms with Gasteiger partial charge < -0.3 is 15.3 Å². The molecule has 0 aliphatic carbocycles. The summed E-state index contributed by atoms with van der Waals surface area (Å²) >= 11 is 0. The Labute approximate surface area is 114 Å². The van der Waals surface area contributed by atoms with E-state index in [1.54, 1.807) is 32.1 Å². The van der Waals surface area contributed by atoms with Crippen molar-refractivity contribution < 1.29 is 15.3 Å². The minimum atomic E-state index is -0.960. The molecule has 3 nitrogen and oxygen atoms in total. The average Bonchev–Trinajstić information content (AvgIpc) is 2.26. The Balaban J connectivity index is 3.13. The van der Waals surface area contributed by atoms with E-state index in [2.05, 4.69) is 0 Å². The normalized spacial score (nSPS) is 11.8. The fourth-order valence-electron chi connectivity index (χ4n) is 1.59. The van der Waals surface area contributed by atoms with Crippen molar-refractivity contribution in [1.82, 2.24) is 0 Å². The van der Waals surface area contributed by atoms with Gasteiger partial charge in [-0.05, 0) is 46.2 Å². The lowest BCUT2D eigenvalue weighted by Crippen LogP contribution is -2.13. The van der Waals surface area contributed by atoms with Crippen LogP contribution in [-0.2, 0) is 6.42 Å². The molecule has 0 atom stereocenters. The van der Waals surface area contributed by atoms with Gasteiger partial charge in [-0.15, -0.1) is 0 Å². The van der Waals surface area contributed by atoms with Crippen LogP contribution in [0.3, 0.4) is 0 Å². The minimum Gasteiger partial charge on any atom is -0.508 e. The third-order valence-corrected chi connectivity index (χ3v) is 2.60. The molecule has 1 aromatic rings. The van der Waals surface area contributed by atoms with E-state index in [0.717, 1.165) is 5.57 Å². The number of phenols is 2. The summed E-state index contributed by atoms with van der Waals surface area (Å²) in [5.74, 6) is 0.237. The maximum absolute atomic E-state index is 10.1.